The molecule has 0 bridgehead atoms. The third kappa shape index (κ3) is 1.35. The standard InChI is InChI=1S/C11H12N2O2S/c14-11-2-1-7-5-9(12-15)8-3-4-16-10(8)6-13(7)11/h3-4,7,15H,1-2,5-6H2/b12-9+. The summed E-state index contributed by atoms with van der Waals surface area (Å²) in [4.78, 5) is 14.8. The summed E-state index contributed by atoms with van der Waals surface area (Å²) in [7, 11) is 0. The van der Waals surface area contributed by atoms with E-state index in [0.29, 0.717) is 19.4 Å². The van der Waals surface area contributed by atoms with Crippen LogP contribution in [0.4, 0.5) is 0 Å². The van der Waals surface area contributed by atoms with Crippen LogP contribution in [0.15, 0.2) is 16.6 Å². The van der Waals surface area contributed by atoms with Crippen LogP contribution in [0.2, 0.25) is 0 Å². The van der Waals surface area contributed by atoms with E-state index < -0.39 is 0 Å². The number of rotatable bonds is 0. The molecule has 2 aliphatic heterocycles. The molecule has 0 aromatic carbocycles. The van der Waals surface area contributed by atoms with Gasteiger partial charge in [0.1, 0.15) is 0 Å². The Kier molecular flexibility index (Phi) is 2.21. The Morgan fingerprint density at radius 1 is 1.56 bits per heavy atom. The average molecular weight is 236 g/mol. The zero-order valence-corrected chi connectivity index (χ0v) is 9.54. The van der Waals surface area contributed by atoms with Crippen LogP contribution >= 0.6 is 11.3 Å². The van der Waals surface area contributed by atoms with Gasteiger partial charge in [-0.15, -0.1) is 11.3 Å². The molecule has 1 unspecified atom stereocenters. The molecule has 84 valence electrons. The first-order chi connectivity index (χ1) is 7.79. The predicted octanol–water partition coefficient (Wildman–Crippen LogP) is 1.82. The first-order valence-electron chi connectivity index (χ1n) is 5.36. The van der Waals surface area contributed by atoms with Crippen LogP contribution < -0.4 is 0 Å². The first-order valence-corrected chi connectivity index (χ1v) is 6.24. The molecular formula is C11H12N2O2S. The summed E-state index contributed by atoms with van der Waals surface area (Å²) in [5.74, 6) is 0.225. The van der Waals surface area contributed by atoms with Gasteiger partial charge < -0.3 is 10.1 Å². The molecule has 0 radical (unpaired) electrons. The number of hydrogen-bond donors (Lipinski definition) is 1. The van der Waals surface area contributed by atoms with Crippen molar-refractivity contribution in [3.63, 3.8) is 0 Å². The summed E-state index contributed by atoms with van der Waals surface area (Å²) in [6.07, 6.45) is 2.18. The van der Waals surface area contributed by atoms with Gasteiger partial charge in [-0.25, -0.2) is 0 Å². The molecule has 3 rings (SSSR count). The molecule has 0 aliphatic carbocycles. The van der Waals surface area contributed by atoms with Crippen molar-refractivity contribution in [1.29, 1.82) is 0 Å². The van der Waals surface area contributed by atoms with Crippen molar-refractivity contribution in [3.05, 3.63) is 21.9 Å². The van der Waals surface area contributed by atoms with Crippen LogP contribution in [0.3, 0.4) is 0 Å². The highest BCUT2D eigenvalue weighted by Gasteiger charge is 2.35. The number of carbonyl (C=O) groups excluding carboxylic acids is 1. The molecule has 0 spiro atoms. The zero-order chi connectivity index (χ0) is 11.1. The van der Waals surface area contributed by atoms with Crippen molar-refractivity contribution in [2.45, 2.75) is 31.8 Å². The quantitative estimate of drug-likeness (QED) is 0.552. The second-order valence-corrected chi connectivity index (χ2v) is 5.22. The Labute approximate surface area is 97.2 Å². The van der Waals surface area contributed by atoms with E-state index in [1.54, 1.807) is 11.3 Å². The smallest absolute Gasteiger partial charge is 0.223 e. The van der Waals surface area contributed by atoms with Gasteiger partial charge in [0.2, 0.25) is 5.91 Å². The molecule has 1 fully saturated rings. The van der Waals surface area contributed by atoms with Crippen LogP contribution in [-0.2, 0) is 11.3 Å². The third-order valence-electron chi connectivity index (χ3n) is 3.37. The number of thiophene rings is 1. The maximum absolute atomic E-state index is 11.7. The minimum atomic E-state index is 0.220. The molecule has 1 aromatic heterocycles. The van der Waals surface area contributed by atoms with Crippen LogP contribution in [0, 0.1) is 0 Å². The molecule has 5 heteroatoms. The summed E-state index contributed by atoms with van der Waals surface area (Å²) >= 11 is 1.62. The van der Waals surface area contributed by atoms with Gasteiger partial charge in [0, 0.05) is 29.3 Å². The number of hydrogen-bond acceptors (Lipinski definition) is 4. The number of carbonyl (C=O) groups is 1. The second kappa shape index (κ2) is 3.59. The Bertz CT molecular complexity index is 466. The van der Waals surface area contributed by atoms with E-state index >= 15 is 0 Å². The maximum atomic E-state index is 11.7. The fraction of sp³-hybridized carbons (Fsp3) is 0.455. The van der Waals surface area contributed by atoms with Crippen molar-refractivity contribution in [3.8, 4) is 0 Å². The van der Waals surface area contributed by atoms with E-state index in [9.17, 15) is 4.79 Å². The molecule has 1 atom stereocenters. The van der Waals surface area contributed by atoms with Gasteiger partial charge in [-0.2, -0.15) is 0 Å². The van der Waals surface area contributed by atoms with Gasteiger partial charge in [0.05, 0.1) is 12.3 Å². The molecule has 1 N–H and O–H groups in total. The van der Waals surface area contributed by atoms with Gasteiger partial charge in [0.25, 0.3) is 0 Å². The van der Waals surface area contributed by atoms with Crippen molar-refractivity contribution in [2.75, 3.05) is 0 Å². The lowest BCUT2D eigenvalue weighted by Crippen LogP contribution is -2.31. The van der Waals surface area contributed by atoms with Gasteiger partial charge in [0.15, 0.2) is 0 Å². The van der Waals surface area contributed by atoms with Crippen molar-refractivity contribution >= 4 is 23.0 Å². The van der Waals surface area contributed by atoms with E-state index in [1.807, 2.05) is 16.3 Å². The highest BCUT2D eigenvalue weighted by atomic mass is 32.1. The summed E-state index contributed by atoms with van der Waals surface area (Å²) in [6, 6.07) is 2.19. The lowest BCUT2D eigenvalue weighted by Gasteiger charge is -2.21. The summed E-state index contributed by atoms with van der Waals surface area (Å²) < 4.78 is 0. The van der Waals surface area contributed by atoms with E-state index in [4.69, 9.17) is 5.21 Å². The number of fused-ring (bicyclic) bond motifs is 2. The largest absolute Gasteiger partial charge is 0.411 e. The second-order valence-electron chi connectivity index (χ2n) is 4.22. The molecule has 3 heterocycles. The van der Waals surface area contributed by atoms with E-state index in [-0.39, 0.29) is 11.9 Å². The molecule has 1 aromatic rings. The van der Waals surface area contributed by atoms with Crippen LogP contribution in [0.25, 0.3) is 0 Å². The predicted molar refractivity (Wildman–Crippen MR) is 60.8 cm³/mol. The van der Waals surface area contributed by atoms with Crippen molar-refractivity contribution < 1.29 is 10.0 Å². The zero-order valence-electron chi connectivity index (χ0n) is 8.72. The first kappa shape index (κ1) is 9.84. The van der Waals surface area contributed by atoms with Gasteiger partial charge >= 0.3 is 0 Å². The Morgan fingerprint density at radius 3 is 3.25 bits per heavy atom. The van der Waals surface area contributed by atoms with Gasteiger partial charge in [-0.1, -0.05) is 5.16 Å². The van der Waals surface area contributed by atoms with Crippen LogP contribution in [0.1, 0.15) is 29.7 Å². The molecule has 4 nitrogen and oxygen atoms in total. The highest BCUT2D eigenvalue weighted by molar-refractivity contribution is 7.10. The summed E-state index contributed by atoms with van der Waals surface area (Å²) in [5.41, 5.74) is 1.73. The normalized spacial score (nSPS) is 26.8. The van der Waals surface area contributed by atoms with Crippen molar-refractivity contribution in [1.82, 2.24) is 4.90 Å². The van der Waals surface area contributed by atoms with Gasteiger partial charge in [-0.05, 0) is 17.9 Å². The number of oxime groups is 1. The Balaban J connectivity index is 2.04. The SMILES string of the molecule is O=C1CCC2C/C(=N\O)c3ccsc3CN12. The van der Waals surface area contributed by atoms with Crippen LogP contribution in [0.5, 0.6) is 0 Å². The fourth-order valence-corrected chi connectivity index (χ4v) is 3.42. The van der Waals surface area contributed by atoms with E-state index in [1.165, 1.54) is 0 Å². The molecule has 1 amide bonds. The number of nitrogens with zero attached hydrogens (tertiary/aromatic N) is 2. The molecule has 0 saturated carbocycles. The topological polar surface area (TPSA) is 52.9 Å². The van der Waals surface area contributed by atoms with Crippen LogP contribution in [-0.4, -0.2) is 27.8 Å². The van der Waals surface area contributed by atoms with Crippen molar-refractivity contribution in [2.24, 2.45) is 5.16 Å². The van der Waals surface area contributed by atoms with Gasteiger partial charge in [-0.3, -0.25) is 4.79 Å². The fourth-order valence-electron chi connectivity index (χ4n) is 2.53. The monoisotopic (exact) mass is 236 g/mol. The molecular weight excluding hydrogens is 224 g/mol. The lowest BCUT2D eigenvalue weighted by atomic mass is 10.0. The highest BCUT2D eigenvalue weighted by Crippen LogP contribution is 2.32. The Morgan fingerprint density at radius 2 is 2.44 bits per heavy atom. The van der Waals surface area contributed by atoms with E-state index in [2.05, 4.69) is 5.16 Å². The van der Waals surface area contributed by atoms with E-state index in [0.717, 1.165) is 22.6 Å². The summed E-state index contributed by atoms with van der Waals surface area (Å²) in [5, 5.41) is 14.4. The third-order valence-corrected chi connectivity index (χ3v) is 4.28. The number of amides is 1. The molecule has 1 saturated heterocycles. The summed E-state index contributed by atoms with van der Waals surface area (Å²) in [6.45, 7) is 0.676. The Hall–Kier alpha value is -1.36. The molecule has 2 aliphatic rings. The lowest BCUT2D eigenvalue weighted by molar-refractivity contribution is -0.129. The average Bonchev–Trinajstić information content (AvgIpc) is 2.83. The molecule has 16 heavy (non-hydrogen) atoms. The maximum Gasteiger partial charge on any atom is 0.223 e. The minimum absolute atomic E-state index is 0.220. The minimum Gasteiger partial charge on any atom is -0.411 e.